The first-order valence-electron chi connectivity index (χ1n) is 9.87. The van der Waals surface area contributed by atoms with E-state index in [-0.39, 0.29) is 31.4 Å². The summed E-state index contributed by atoms with van der Waals surface area (Å²) in [5, 5.41) is 22.7. The molecule has 0 spiro atoms. The zero-order valence-electron chi connectivity index (χ0n) is 16.4. The van der Waals surface area contributed by atoms with Crippen LogP contribution in [0.3, 0.4) is 0 Å². The Hall–Kier alpha value is -1.65. The molecule has 0 heterocycles. The first kappa shape index (κ1) is 22.0. The molecule has 2 amide bonds. The van der Waals surface area contributed by atoms with Gasteiger partial charge in [0.25, 0.3) is 0 Å². The summed E-state index contributed by atoms with van der Waals surface area (Å²) in [6.07, 6.45) is 2.31. The maximum atomic E-state index is 12.6. The number of halogens is 1. The van der Waals surface area contributed by atoms with Crippen molar-refractivity contribution in [1.82, 2.24) is 10.2 Å². The lowest BCUT2D eigenvalue weighted by atomic mass is 9.88. The molecule has 0 aliphatic heterocycles. The van der Waals surface area contributed by atoms with Crippen LogP contribution in [0.25, 0.3) is 0 Å². The van der Waals surface area contributed by atoms with E-state index in [1.165, 1.54) is 6.92 Å². The quantitative estimate of drug-likeness (QED) is 0.457. The van der Waals surface area contributed by atoms with E-state index in [4.69, 9.17) is 9.84 Å². The summed E-state index contributed by atoms with van der Waals surface area (Å²) in [6, 6.07) is 6.91. The number of carbonyl (C=O) groups is 2. The molecule has 158 valence electrons. The van der Waals surface area contributed by atoms with Gasteiger partial charge < -0.3 is 25.2 Å². The number of rotatable bonds is 8. The fraction of sp³-hybridized carbons (Fsp3) is 0.524. The number of aliphatic hydroxyl groups is 2. The van der Waals surface area contributed by atoms with Crippen molar-refractivity contribution >= 4 is 34.4 Å². The Morgan fingerprint density at radius 1 is 1.31 bits per heavy atom. The van der Waals surface area contributed by atoms with E-state index >= 15 is 0 Å². The third-order valence-electron chi connectivity index (χ3n) is 5.27. The summed E-state index contributed by atoms with van der Waals surface area (Å²) in [4.78, 5) is 26.6. The van der Waals surface area contributed by atoms with E-state index in [2.05, 4.69) is 27.9 Å². The molecule has 1 aromatic rings. The molecule has 0 aromatic heterocycles. The number of benzene rings is 1. The number of nitrogens with zero attached hydrogens (tertiary/aromatic N) is 1. The average Bonchev–Trinajstić information content (AvgIpc) is 3.51. The van der Waals surface area contributed by atoms with Gasteiger partial charge in [-0.15, -0.1) is 0 Å². The van der Waals surface area contributed by atoms with E-state index in [1.54, 1.807) is 11.0 Å². The van der Waals surface area contributed by atoms with Gasteiger partial charge in [-0.1, -0.05) is 12.1 Å². The van der Waals surface area contributed by atoms with Gasteiger partial charge in [0.1, 0.15) is 18.0 Å². The maximum Gasteiger partial charge on any atom is 0.247 e. The number of hydrogen-bond donors (Lipinski definition) is 3. The van der Waals surface area contributed by atoms with E-state index in [0.29, 0.717) is 23.8 Å². The fourth-order valence-corrected chi connectivity index (χ4v) is 4.06. The van der Waals surface area contributed by atoms with Gasteiger partial charge in [-0.25, -0.2) is 0 Å². The van der Waals surface area contributed by atoms with E-state index < -0.39 is 18.2 Å². The zero-order valence-corrected chi connectivity index (χ0v) is 18.5. The van der Waals surface area contributed by atoms with Gasteiger partial charge in [0, 0.05) is 32.0 Å². The lowest BCUT2D eigenvalue weighted by Gasteiger charge is -2.40. The molecule has 2 aliphatic rings. The van der Waals surface area contributed by atoms with Crippen LogP contribution >= 0.6 is 22.6 Å². The Morgan fingerprint density at radius 2 is 2.03 bits per heavy atom. The van der Waals surface area contributed by atoms with Gasteiger partial charge in [0.2, 0.25) is 11.8 Å². The fourth-order valence-electron chi connectivity index (χ4n) is 3.54. The number of nitrogens with one attached hydrogen (secondary N) is 1. The topological polar surface area (TPSA) is 99.1 Å². The minimum atomic E-state index is -0.956. The predicted octanol–water partition coefficient (Wildman–Crippen LogP) is 1.47. The Balaban J connectivity index is 1.87. The molecule has 3 N–H and O–H groups in total. The molecule has 1 aromatic carbocycles. The summed E-state index contributed by atoms with van der Waals surface area (Å²) in [5.74, 6) is 0.632. The van der Waals surface area contributed by atoms with Crippen molar-refractivity contribution in [3.05, 3.63) is 39.5 Å². The maximum absolute atomic E-state index is 12.6. The normalized spacial score (nSPS) is 23.9. The molecule has 3 rings (SSSR count). The third-order valence-corrected chi connectivity index (χ3v) is 6.16. The molecule has 7 nitrogen and oxygen atoms in total. The van der Waals surface area contributed by atoms with Crippen molar-refractivity contribution in [2.24, 2.45) is 5.92 Å². The first-order chi connectivity index (χ1) is 13.9. The van der Waals surface area contributed by atoms with Crippen LogP contribution in [0.2, 0.25) is 0 Å². The highest BCUT2D eigenvalue weighted by molar-refractivity contribution is 14.1. The van der Waals surface area contributed by atoms with Crippen molar-refractivity contribution in [3.63, 3.8) is 0 Å². The number of aliphatic hydroxyl groups excluding tert-OH is 2. The number of carbonyl (C=O) groups excluding carboxylic acids is 2. The Morgan fingerprint density at radius 3 is 2.66 bits per heavy atom. The second kappa shape index (κ2) is 9.90. The summed E-state index contributed by atoms with van der Waals surface area (Å²) in [7, 11) is 0. The Bertz CT molecular complexity index is 780. The largest absolute Gasteiger partial charge is 0.482 e. The standard InChI is InChI=1S/C21H27IN2O5/c1-13(26)24(12-14-6-7-14)17-10-15(21(28)23-8-9-25)11-19(20(17)27)29-18-5-3-2-4-16(18)22/h2-5,11,14,17,19-20,25,27H,6-10,12H2,1H3,(H,23,28)/t17-,19+,20+/m1/s1. The van der Waals surface area contributed by atoms with Crippen molar-refractivity contribution in [2.45, 2.75) is 44.4 Å². The minimum absolute atomic E-state index is 0.119. The molecule has 0 bridgehead atoms. The first-order valence-corrected chi connectivity index (χ1v) is 10.9. The zero-order chi connectivity index (χ0) is 21.0. The molecule has 0 radical (unpaired) electrons. The van der Waals surface area contributed by atoms with E-state index in [1.807, 2.05) is 24.3 Å². The summed E-state index contributed by atoms with van der Waals surface area (Å²) < 4.78 is 6.95. The second-order valence-electron chi connectivity index (χ2n) is 7.56. The van der Waals surface area contributed by atoms with Gasteiger partial charge in [-0.05, 0) is 59.6 Å². The molecule has 1 fully saturated rings. The molecule has 0 unspecified atom stereocenters. The summed E-state index contributed by atoms with van der Waals surface area (Å²) in [6.45, 7) is 2.06. The SMILES string of the molecule is CC(=O)N(CC1CC1)[C@@H]1CC(C(=O)NCCO)=C[C@H](Oc2ccccc2I)[C@H]1O. The van der Waals surface area contributed by atoms with Crippen molar-refractivity contribution in [2.75, 3.05) is 19.7 Å². The van der Waals surface area contributed by atoms with Crippen LogP contribution < -0.4 is 10.1 Å². The van der Waals surface area contributed by atoms with Gasteiger partial charge in [-0.3, -0.25) is 9.59 Å². The van der Waals surface area contributed by atoms with Gasteiger partial charge in [-0.2, -0.15) is 0 Å². The van der Waals surface area contributed by atoms with Crippen LogP contribution in [0, 0.1) is 9.49 Å². The predicted molar refractivity (Wildman–Crippen MR) is 116 cm³/mol. The number of para-hydroxylation sites is 1. The number of amides is 2. The lowest BCUT2D eigenvalue weighted by Crippen LogP contribution is -2.55. The highest BCUT2D eigenvalue weighted by Gasteiger charge is 2.41. The van der Waals surface area contributed by atoms with Gasteiger partial charge in [0.05, 0.1) is 16.2 Å². The Labute approximate surface area is 184 Å². The van der Waals surface area contributed by atoms with Crippen LogP contribution in [-0.4, -0.2) is 64.9 Å². The molecular formula is C21H27IN2O5. The molecule has 29 heavy (non-hydrogen) atoms. The van der Waals surface area contributed by atoms with Crippen LogP contribution in [0.4, 0.5) is 0 Å². The molecule has 1 saturated carbocycles. The number of hydrogen-bond acceptors (Lipinski definition) is 5. The van der Waals surface area contributed by atoms with Crippen LogP contribution in [0.15, 0.2) is 35.9 Å². The summed E-state index contributed by atoms with van der Waals surface area (Å²) >= 11 is 2.16. The van der Waals surface area contributed by atoms with E-state index in [9.17, 15) is 14.7 Å². The third kappa shape index (κ3) is 5.70. The molecule has 0 saturated heterocycles. The summed E-state index contributed by atoms with van der Waals surface area (Å²) in [5.41, 5.74) is 0.451. The Kier molecular flexibility index (Phi) is 7.53. The molecule has 2 aliphatic carbocycles. The highest BCUT2D eigenvalue weighted by atomic mass is 127. The van der Waals surface area contributed by atoms with Crippen LogP contribution in [0.5, 0.6) is 5.75 Å². The van der Waals surface area contributed by atoms with Gasteiger partial charge >= 0.3 is 0 Å². The van der Waals surface area contributed by atoms with Crippen molar-refractivity contribution in [1.29, 1.82) is 0 Å². The molecule has 8 heteroatoms. The van der Waals surface area contributed by atoms with Crippen LogP contribution in [-0.2, 0) is 9.59 Å². The molecular weight excluding hydrogens is 487 g/mol. The smallest absolute Gasteiger partial charge is 0.247 e. The minimum Gasteiger partial charge on any atom is -0.482 e. The van der Waals surface area contributed by atoms with E-state index in [0.717, 1.165) is 16.4 Å². The van der Waals surface area contributed by atoms with Gasteiger partial charge in [0.15, 0.2) is 0 Å². The highest BCUT2D eigenvalue weighted by Crippen LogP contribution is 2.34. The molecule has 3 atom stereocenters. The van der Waals surface area contributed by atoms with Crippen molar-refractivity contribution < 1.29 is 24.5 Å². The monoisotopic (exact) mass is 514 g/mol. The average molecular weight is 514 g/mol. The second-order valence-corrected chi connectivity index (χ2v) is 8.72. The van der Waals surface area contributed by atoms with Crippen molar-refractivity contribution in [3.8, 4) is 5.75 Å². The lowest BCUT2D eigenvalue weighted by molar-refractivity contribution is -0.136. The van der Waals surface area contributed by atoms with Crippen LogP contribution in [0.1, 0.15) is 26.2 Å². The number of ether oxygens (including phenoxy) is 1.